The van der Waals surface area contributed by atoms with Crippen LogP contribution in [0.5, 0.6) is 0 Å². The molecule has 0 fully saturated rings. The molecule has 0 aromatic heterocycles. The first-order valence-electron chi connectivity index (χ1n) is 14.0. The van der Waals surface area contributed by atoms with Crippen molar-refractivity contribution in [3.05, 3.63) is 0 Å². The Hall–Kier alpha value is 0.0738. The number of hydrogen-bond acceptors (Lipinski definition) is 9. The number of ether oxygens (including phenoxy) is 2. The molecule has 0 aliphatic carbocycles. The van der Waals surface area contributed by atoms with Crippen molar-refractivity contribution < 1.29 is 33.0 Å². The van der Waals surface area contributed by atoms with E-state index in [0.717, 1.165) is 38.4 Å². The second-order valence-electron chi connectivity index (χ2n) is 10.3. The SMILES string of the molecule is CCO[Si](CCCNCC(O)COCCCCOCC(O)CNCCC[Si](C)(C)C)(OCC)OCC. The van der Waals surface area contributed by atoms with E-state index in [-0.39, 0.29) is 0 Å². The molecule has 0 aliphatic rings. The van der Waals surface area contributed by atoms with Crippen LogP contribution in [0.15, 0.2) is 0 Å². The van der Waals surface area contributed by atoms with Gasteiger partial charge in [0.1, 0.15) is 0 Å². The van der Waals surface area contributed by atoms with Crippen molar-refractivity contribution in [1.29, 1.82) is 0 Å². The summed E-state index contributed by atoms with van der Waals surface area (Å²) in [4.78, 5) is 0. The first kappa shape index (κ1) is 36.1. The van der Waals surface area contributed by atoms with E-state index in [4.69, 9.17) is 22.8 Å². The van der Waals surface area contributed by atoms with Crippen LogP contribution in [0, 0.1) is 0 Å². The third-order valence-corrected chi connectivity index (χ3v) is 10.4. The van der Waals surface area contributed by atoms with Crippen molar-refractivity contribution in [1.82, 2.24) is 10.6 Å². The van der Waals surface area contributed by atoms with Crippen molar-refractivity contribution in [2.45, 2.75) is 90.4 Å². The maximum atomic E-state index is 10.1. The fourth-order valence-electron chi connectivity index (χ4n) is 3.68. The van der Waals surface area contributed by atoms with Gasteiger partial charge in [0.15, 0.2) is 0 Å². The smallest absolute Gasteiger partial charge is 0.389 e. The van der Waals surface area contributed by atoms with Gasteiger partial charge >= 0.3 is 8.80 Å². The Balaban J connectivity index is 3.62. The minimum absolute atomic E-state index is 0.311. The molecule has 0 aliphatic heterocycles. The Labute approximate surface area is 223 Å². The van der Waals surface area contributed by atoms with Gasteiger partial charge in [-0.25, -0.2) is 0 Å². The lowest BCUT2D eigenvalue weighted by Gasteiger charge is -2.28. The minimum atomic E-state index is -2.59. The lowest BCUT2D eigenvalue weighted by Crippen LogP contribution is -2.46. The molecular formula is C25H58N2O7Si2. The number of aliphatic hydroxyl groups is 2. The second-order valence-corrected chi connectivity index (χ2v) is 18.7. The topological polar surface area (TPSA) is 111 Å². The molecule has 2 atom stereocenters. The van der Waals surface area contributed by atoms with Crippen LogP contribution in [0.2, 0.25) is 31.7 Å². The molecule has 0 radical (unpaired) electrons. The van der Waals surface area contributed by atoms with Gasteiger partial charge in [0.2, 0.25) is 0 Å². The molecule has 0 saturated heterocycles. The van der Waals surface area contributed by atoms with E-state index in [2.05, 4.69) is 30.3 Å². The monoisotopic (exact) mass is 554 g/mol. The molecule has 11 heteroatoms. The Morgan fingerprint density at radius 3 is 1.44 bits per heavy atom. The van der Waals surface area contributed by atoms with Gasteiger partial charge in [0, 0.05) is 60.2 Å². The van der Waals surface area contributed by atoms with E-state index in [0.29, 0.717) is 59.3 Å². The summed E-state index contributed by atoms with van der Waals surface area (Å²) in [7, 11) is -3.56. The van der Waals surface area contributed by atoms with Gasteiger partial charge in [-0.2, -0.15) is 0 Å². The summed E-state index contributed by atoms with van der Waals surface area (Å²) in [6.07, 6.45) is 2.77. The molecule has 0 rings (SSSR count). The quantitative estimate of drug-likeness (QED) is 0.0900. The zero-order valence-corrected chi connectivity index (χ0v) is 26.1. The summed E-state index contributed by atoms with van der Waals surface area (Å²) in [5.74, 6) is 0. The molecule has 2 unspecified atom stereocenters. The van der Waals surface area contributed by atoms with Gasteiger partial charge in [-0.1, -0.05) is 25.7 Å². The summed E-state index contributed by atoms with van der Waals surface area (Å²) in [5, 5.41) is 26.6. The van der Waals surface area contributed by atoms with Crippen molar-refractivity contribution >= 4 is 16.9 Å². The van der Waals surface area contributed by atoms with E-state index in [1.807, 2.05) is 20.8 Å². The summed E-state index contributed by atoms with van der Waals surface area (Å²) in [6, 6.07) is 2.07. The molecule has 36 heavy (non-hydrogen) atoms. The van der Waals surface area contributed by atoms with E-state index in [9.17, 15) is 10.2 Å². The lowest BCUT2D eigenvalue weighted by molar-refractivity contribution is 0.0217. The standard InChI is InChI=1S/C25H58N2O7Si2/c1-7-32-36(33-8-2,34-9-3)19-13-15-27-21-25(29)23-31-17-11-10-16-30-22-24(28)20-26-14-12-18-35(4,5)6/h24-29H,7-23H2,1-6H3. The first-order chi connectivity index (χ1) is 17.2. The molecule has 9 nitrogen and oxygen atoms in total. The number of hydrogen-bond donors (Lipinski definition) is 4. The molecule has 0 aromatic carbocycles. The van der Waals surface area contributed by atoms with Crippen LogP contribution in [-0.4, -0.2) is 112 Å². The Morgan fingerprint density at radius 1 is 0.639 bits per heavy atom. The Bertz CT molecular complexity index is 471. The highest BCUT2D eigenvalue weighted by molar-refractivity contribution is 6.76. The van der Waals surface area contributed by atoms with E-state index < -0.39 is 29.1 Å². The highest BCUT2D eigenvalue weighted by Gasteiger charge is 2.39. The number of aliphatic hydroxyl groups excluding tert-OH is 2. The van der Waals surface area contributed by atoms with Crippen LogP contribution in [0.4, 0.5) is 0 Å². The van der Waals surface area contributed by atoms with Gasteiger partial charge in [-0.3, -0.25) is 0 Å². The van der Waals surface area contributed by atoms with Crippen LogP contribution >= 0.6 is 0 Å². The van der Waals surface area contributed by atoms with Crippen LogP contribution in [0.3, 0.4) is 0 Å². The fourth-order valence-corrected chi connectivity index (χ4v) is 7.53. The van der Waals surface area contributed by atoms with Crippen LogP contribution in [0.1, 0.15) is 46.5 Å². The molecule has 0 amide bonds. The lowest BCUT2D eigenvalue weighted by atomic mass is 10.3. The number of unbranched alkanes of at least 4 members (excludes halogenated alkanes) is 1. The average Bonchev–Trinajstić information content (AvgIpc) is 2.80. The highest BCUT2D eigenvalue weighted by Crippen LogP contribution is 2.17. The molecule has 0 spiro atoms. The van der Waals surface area contributed by atoms with Crippen LogP contribution in [0.25, 0.3) is 0 Å². The van der Waals surface area contributed by atoms with Crippen LogP contribution < -0.4 is 10.6 Å². The summed E-state index contributed by atoms with van der Waals surface area (Å²) in [5.41, 5.74) is 0. The molecule has 218 valence electrons. The normalized spacial score (nSPS) is 14.3. The van der Waals surface area contributed by atoms with Crippen molar-refractivity contribution in [2.24, 2.45) is 0 Å². The van der Waals surface area contributed by atoms with E-state index in [1.165, 1.54) is 12.5 Å². The predicted octanol–water partition coefficient (Wildman–Crippen LogP) is 2.87. The minimum Gasteiger partial charge on any atom is -0.389 e. The molecule has 0 bridgehead atoms. The molecule has 0 aromatic rings. The zero-order valence-electron chi connectivity index (χ0n) is 24.1. The van der Waals surface area contributed by atoms with E-state index in [1.54, 1.807) is 0 Å². The Morgan fingerprint density at radius 2 is 1.06 bits per heavy atom. The first-order valence-corrected chi connectivity index (χ1v) is 19.7. The second kappa shape index (κ2) is 23.0. The Kier molecular flexibility index (Phi) is 23.1. The van der Waals surface area contributed by atoms with Crippen molar-refractivity contribution in [3.63, 3.8) is 0 Å². The third-order valence-electron chi connectivity index (χ3n) is 5.42. The third kappa shape index (κ3) is 22.1. The molecule has 0 heterocycles. The van der Waals surface area contributed by atoms with Crippen molar-refractivity contribution in [2.75, 3.05) is 72.4 Å². The van der Waals surface area contributed by atoms with Gasteiger partial charge < -0.3 is 43.6 Å². The highest BCUT2D eigenvalue weighted by atomic mass is 28.4. The number of nitrogens with one attached hydrogen (secondary N) is 2. The maximum absolute atomic E-state index is 10.1. The van der Waals surface area contributed by atoms with Gasteiger partial charge in [-0.15, -0.1) is 0 Å². The zero-order chi connectivity index (χ0) is 27.1. The average molecular weight is 555 g/mol. The molecular weight excluding hydrogens is 496 g/mol. The largest absolute Gasteiger partial charge is 0.500 e. The predicted molar refractivity (Wildman–Crippen MR) is 151 cm³/mol. The number of rotatable bonds is 27. The van der Waals surface area contributed by atoms with Crippen LogP contribution in [-0.2, 0) is 22.8 Å². The maximum Gasteiger partial charge on any atom is 0.500 e. The summed E-state index contributed by atoms with van der Waals surface area (Å²) in [6.45, 7) is 19.4. The van der Waals surface area contributed by atoms with E-state index >= 15 is 0 Å². The van der Waals surface area contributed by atoms with Gasteiger partial charge in [0.05, 0.1) is 25.4 Å². The fraction of sp³-hybridized carbons (Fsp3) is 1.00. The molecule has 4 N–H and O–H groups in total. The molecule has 0 saturated carbocycles. The van der Waals surface area contributed by atoms with Gasteiger partial charge in [0.25, 0.3) is 0 Å². The van der Waals surface area contributed by atoms with Gasteiger partial charge in [-0.05, 0) is 59.5 Å². The summed E-state index contributed by atoms with van der Waals surface area (Å²) >= 11 is 0. The van der Waals surface area contributed by atoms with Crippen molar-refractivity contribution in [3.8, 4) is 0 Å². The summed E-state index contributed by atoms with van der Waals surface area (Å²) < 4.78 is 28.7.